The van der Waals surface area contributed by atoms with Crippen molar-refractivity contribution in [3.8, 4) is 11.5 Å². The van der Waals surface area contributed by atoms with Crippen molar-refractivity contribution in [1.82, 2.24) is 0 Å². The summed E-state index contributed by atoms with van der Waals surface area (Å²) in [6.45, 7) is 2.65. The number of hydrogen-bond donors (Lipinski definition) is 0. The van der Waals surface area contributed by atoms with E-state index >= 15 is 0 Å². The Bertz CT molecular complexity index is 960. The Balaban J connectivity index is 1.86. The number of hydrogen-bond acceptors (Lipinski definition) is 5. The van der Waals surface area contributed by atoms with Crippen molar-refractivity contribution in [2.24, 2.45) is 0 Å². The van der Waals surface area contributed by atoms with Gasteiger partial charge in [0.25, 0.3) is 0 Å². The lowest BCUT2D eigenvalue weighted by molar-refractivity contribution is 0.0600. The molecule has 3 rings (SSSR count). The SMILES string of the molecule is CCCOc1ccc(C(=O)Oc2ccc(C(=O)OC)cc2)c2ccccc12. The van der Waals surface area contributed by atoms with Gasteiger partial charge in [0.1, 0.15) is 11.5 Å². The van der Waals surface area contributed by atoms with Gasteiger partial charge in [0.2, 0.25) is 0 Å². The topological polar surface area (TPSA) is 61.8 Å². The minimum atomic E-state index is -0.473. The Hall–Kier alpha value is -3.34. The third-order valence-electron chi connectivity index (χ3n) is 4.05. The summed E-state index contributed by atoms with van der Waals surface area (Å²) in [6, 6.07) is 17.3. The lowest BCUT2D eigenvalue weighted by Gasteiger charge is -2.12. The molecule has 0 fully saturated rings. The van der Waals surface area contributed by atoms with Gasteiger partial charge in [-0.25, -0.2) is 9.59 Å². The van der Waals surface area contributed by atoms with Crippen molar-refractivity contribution in [3.63, 3.8) is 0 Å². The Kier molecular flexibility index (Phi) is 5.71. The molecule has 0 saturated heterocycles. The van der Waals surface area contributed by atoms with Crippen LogP contribution in [-0.4, -0.2) is 25.7 Å². The highest BCUT2D eigenvalue weighted by atomic mass is 16.5. The molecule has 0 aliphatic carbocycles. The third kappa shape index (κ3) is 4.08. The van der Waals surface area contributed by atoms with Gasteiger partial charge in [0, 0.05) is 5.39 Å². The van der Waals surface area contributed by atoms with E-state index in [1.165, 1.54) is 7.11 Å². The lowest BCUT2D eigenvalue weighted by Crippen LogP contribution is -2.10. The van der Waals surface area contributed by atoms with E-state index in [0.717, 1.165) is 22.9 Å². The van der Waals surface area contributed by atoms with Crippen molar-refractivity contribution in [1.29, 1.82) is 0 Å². The molecule has 0 aromatic heterocycles. The second-order valence-electron chi connectivity index (χ2n) is 5.91. The van der Waals surface area contributed by atoms with Crippen LogP contribution >= 0.6 is 0 Å². The van der Waals surface area contributed by atoms with Crippen molar-refractivity contribution in [2.75, 3.05) is 13.7 Å². The number of esters is 2. The molecule has 0 N–H and O–H groups in total. The quantitative estimate of drug-likeness (QED) is 0.471. The zero-order valence-electron chi connectivity index (χ0n) is 15.2. The van der Waals surface area contributed by atoms with Crippen LogP contribution in [0.4, 0.5) is 0 Å². The van der Waals surface area contributed by atoms with Crippen LogP contribution in [0, 0.1) is 0 Å². The molecule has 5 nitrogen and oxygen atoms in total. The Labute approximate surface area is 157 Å². The van der Waals surface area contributed by atoms with Crippen LogP contribution in [-0.2, 0) is 4.74 Å². The summed E-state index contributed by atoms with van der Waals surface area (Å²) in [6.07, 6.45) is 0.902. The summed E-state index contributed by atoms with van der Waals surface area (Å²) < 4.78 is 15.9. The smallest absolute Gasteiger partial charge is 0.344 e. The highest BCUT2D eigenvalue weighted by Gasteiger charge is 2.15. The van der Waals surface area contributed by atoms with E-state index in [1.54, 1.807) is 36.4 Å². The molecule has 0 radical (unpaired) electrons. The maximum absolute atomic E-state index is 12.7. The highest BCUT2D eigenvalue weighted by molar-refractivity contribution is 6.07. The predicted octanol–water partition coefficient (Wildman–Crippen LogP) is 4.63. The van der Waals surface area contributed by atoms with Crippen LogP contribution in [0.5, 0.6) is 11.5 Å². The van der Waals surface area contributed by atoms with Gasteiger partial charge in [-0.05, 0) is 48.2 Å². The minimum Gasteiger partial charge on any atom is -0.493 e. The van der Waals surface area contributed by atoms with Crippen LogP contribution in [0.3, 0.4) is 0 Å². The van der Waals surface area contributed by atoms with E-state index in [1.807, 2.05) is 31.2 Å². The fraction of sp³-hybridized carbons (Fsp3) is 0.182. The fourth-order valence-corrected chi connectivity index (χ4v) is 2.73. The average molecular weight is 364 g/mol. The molecule has 0 amide bonds. The Morgan fingerprint density at radius 1 is 0.852 bits per heavy atom. The molecule has 138 valence electrons. The van der Waals surface area contributed by atoms with Crippen molar-refractivity contribution < 1.29 is 23.8 Å². The van der Waals surface area contributed by atoms with Gasteiger partial charge in [-0.15, -0.1) is 0 Å². The largest absolute Gasteiger partial charge is 0.493 e. The molecule has 5 heteroatoms. The first-order valence-electron chi connectivity index (χ1n) is 8.69. The maximum atomic E-state index is 12.7. The molecule has 0 bridgehead atoms. The second kappa shape index (κ2) is 8.36. The first-order valence-corrected chi connectivity index (χ1v) is 8.69. The van der Waals surface area contributed by atoms with Gasteiger partial charge < -0.3 is 14.2 Å². The maximum Gasteiger partial charge on any atom is 0.344 e. The number of fused-ring (bicyclic) bond motifs is 1. The number of benzene rings is 3. The minimum absolute atomic E-state index is 0.350. The molecule has 0 heterocycles. The molecule has 0 aliphatic heterocycles. The molecule has 0 unspecified atom stereocenters. The van der Waals surface area contributed by atoms with Crippen LogP contribution in [0.25, 0.3) is 10.8 Å². The van der Waals surface area contributed by atoms with E-state index < -0.39 is 11.9 Å². The summed E-state index contributed by atoms with van der Waals surface area (Å²) in [4.78, 5) is 24.2. The zero-order valence-corrected chi connectivity index (χ0v) is 15.2. The summed E-state index contributed by atoms with van der Waals surface area (Å²) >= 11 is 0. The van der Waals surface area contributed by atoms with Gasteiger partial charge in [-0.2, -0.15) is 0 Å². The normalized spacial score (nSPS) is 10.4. The first-order chi connectivity index (χ1) is 13.1. The lowest BCUT2D eigenvalue weighted by atomic mass is 10.0. The molecule has 27 heavy (non-hydrogen) atoms. The van der Waals surface area contributed by atoms with Gasteiger partial charge in [-0.3, -0.25) is 0 Å². The predicted molar refractivity (Wildman–Crippen MR) is 102 cm³/mol. The highest BCUT2D eigenvalue weighted by Crippen LogP contribution is 2.29. The standard InChI is InChI=1S/C22H20O5/c1-3-14-26-20-13-12-19(17-6-4-5-7-18(17)20)22(24)27-16-10-8-15(9-11-16)21(23)25-2/h4-13H,3,14H2,1-2H3. The van der Waals surface area contributed by atoms with Crippen molar-refractivity contribution in [3.05, 3.63) is 71.8 Å². The van der Waals surface area contributed by atoms with Crippen LogP contribution < -0.4 is 9.47 Å². The third-order valence-corrected chi connectivity index (χ3v) is 4.05. The second-order valence-corrected chi connectivity index (χ2v) is 5.91. The molecular formula is C22H20O5. The van der Waals surface area contributed by atoms with E-state index in [-0.39, 0.29) is 0 Å². The first kappa shape index (κ1) is 18.5. The molecule has 0 saturated carbocycles. The van der Waals surface area contributed by atoms with E-state index in [4.69, 9.17) is 9.47 Å². The number of ether oxygens (including phenoxy) is 3. The summed E-state index contributed by atoms with van der Waals surface area (Å²) in [5, 5.41) is 1.63. The monoisotopic (exact) mass is 364 g/mol. The molecule has 0 atom stereocenters. The molecule has 0 aliphatic rings. The molecule has 0 spiro atoms. The van der Waals surface area contributed by atoms with E-state index in [2.05, 4.69) is 4.74 Å². The summed E-state index contributed by atoms with van der Waals surface area (Å²) in [7, 11) is 1.31. The molecule has 3 aromatic carbocycles. The van der Waals surface area contributed by atoms with Crippen molar-refractivity contribution >= 4 is 22.7 Å². The number of methoxy groups -OCH3 is 1. The van der Waals surface area contributed by atoms with Crippen LogP contribution in [0.1, 0.15) is 34.1 Å². The number of carbonyl (C=O) groups excluding carboxylic acids is 2. The van der Waals surface area contributed by atoms with Crippen LogP contribution in [0.15, 0.2) is 60.7 Å². The number of carbonyl (C=O) groups is 2. The summed E-state index contributed by atoms with van der Waals surface area (Å²) in [5.41, 5.74) is 0.840. The fourth-order valence-electron chi connectivity index (χ4n) is 2.73. The number of rotatable bonds is 6. The molecule has 3 aromatic rings. The summed E-state index contributed by atoms with van der Waals surface area (Å²) in [5.74, 6) is 0.176. The van der Waals surface area contributed by atoms with Gasteiger partial charge in [0.05, 0.1) is 24.8 Å². The van der Waals surface area contributed by atoms with E-state index in [0.29, 0.717) is 23.5 Å². The van der Waals surface area contributed by atoms with Crippen LogP contribution in [0.2, 0.25) is 0 Å². The van der Waals surface area contributed by atoms with Gasteiger partial charge in [-0.1, -0.05) is 31.2 Å². The average Bonchev–Trinajstić information content (AvgIpc) is 2.71. The zero-order chi connectivity index (χ0) is 19.2. The van der Waals surface area contributed by atoms with Gasteiger partial charge >= 0.3 is 11.9 Å². The molecular weight excluding hydrogens is 344 g/mol. The Morgan fingerprint density at radius 2 is 1.56 bits per heavy atom. The van der Waals surface area contributed by atoms with Crippen molar-refractivity contribution in [2.45, 2.75) is 13.3 Å². The van der Waals surface area contributed by atoms with Gasteiger partial charge in [0.15, 0.2) is 0 Å². The van der Waals surface area contributed by atoms with E-state index in [9.17, 15) is 9.59 Å². The Morgan fingerprint density at radius 3 is 2.22 bits per heavy atom.